The number of amides is 2. The van der Waals surface area contributed by atoms with Crippen LogP contribution in [-0.2, 0) is 21.7 Å². The number of phenolic OH excluding ortho intramolecular Hbond substituents is 1. The Hall–Kier alpha value is -4.62. The minimum atomic E-state index is -2.14. The summed E-state index contributed by atoms with van der Waals surface area (Å²) in [6.45, 7) is 0.0573. The number of phenols is 1. The Kier molecular flexibility index (Phi) is 5.24. The maximum absolute atomic E-state index is 14.0. The van der Waals surface area contributed by atoms with Crippen molar-refractivity contribution in [3.63, 3.8) is 0 Å². The van der Waals surface area contributed by atoms with Gasteiger partial charge < -0.3 is 24.7 Å². The minimum Gasteiger partial charge on any atom is -0.507 e. The molecule has 0 saturated heterocycles. The third-order valence-electron chi connectivity index (χ3n) is 7.12. The van der Waals surface area contributed by atoms with Crippen molar-refractivity contribution in [3.8, 4) is 22.6 Å². The molecule has 2 amide bonds. The van der Waals surface area contributed by atoms with Crippen molar-refractivity contribution >= 4 is 23.2 Å². The van der Waals surface area contributed by atoms with E-state index in [0.717, 1.165) is 16.7 Å². The van der Waals surface area contributed by atoms with Crippen molar-refractivity contribution < 1.29 is 24.5 Å². The lowest BCUT2D eigenvalue weighted by atomic mass is 9.86. The highest BCUT2D eigenvalue weighted by Crippen LogP contribution is 2.50. The van der Waals surface area contributed by atoms with E-state index in [-0.39, 0.29) is 30.4 Å². The van der Waals surface area contributed by atoms with E-state index in [9.17, 15) is 19.8 Å². The molecule has 1 unspecified atom stereocenters. The SMILES string of the molecule is CN1C(=O)COc2cc(C3(O)C(=O)N(Cc4ccccc4-c4ccccc4)c4ccccc43)c(O)cc21. The molecule has 2 aliphatic heterocycles. The summed E-state index contributed by atoms with van der Waals surface area (Å²) in [7, 11) is 1.58. The van der Waals surface area contributed by atoms with Gasteiger partial charge in [0.1, 0.15) is 11.5 Å². The molecule has 0 bridgehead atoms. The molecule has 2 N–H and O–H groups in total. The average molecular weight is 493 g/mol. The lowest BCUT2D eigenvalue weighted by Gasteiger charge is -2.30. The first-order valence-corrected chi connectivity index (χ1v) is 11.9. The summed E-state index contributed by atoms with van der Waals surface area (Å²) in [5, 5.41) is 23.0. The molecule has 6 rings (SSSR count). The van der Waals surface area contributed by atoms with Crippen LogP contribution in [0.5, 0.6) is 11.5 Å². The molecule has 0 spiro atoms. The smallest absolute Gasteiger partial charge is 0.268 e. The van der Waals surface area contributed by atoms with Gasteiger partial charge in [-0.1, -0.05) is 72.8 Å². The second-order valence-electron chi connectivity index (χ2n) is 9.22. The summed E-state index contributed by atoms with van der Waals surface area (Å²) in [5.41, 5.74) is 2.09. The van der Waals surface area contributed by atoms with E-state index < -0.39 is 11.5 Å². The first-order chi connectivity index (χ1) is 17.9. The first-order valence-electron chi connectivity index (χ1n) is 11.9. The molecule has 4 aromatic carbocycles. The predicted octanol–water partition coefficient (Wildman–Crippen LogP) is 4.20. The third-order valence-corrected chi connectivity index (χ3v) is 7.12. The van der Waals surface area contributed by atoms with Crippen LogP contribution in [0.15, 0.2) is 91.0 Å². The van der Waals surface area contributed by atoms with E-state index in [1.807, 2.05) is 60.7 Å². The molecule has 2 heterocycles. The van der Waals surface area contributed by atoms with Gasteiger partial charge in [-0.2, -0.15) is 0 Å². The van der Waals surface area contributed by atoms with Crippen molar-refractivity contribution in [2.75, 3.05) is 23.5 Å². The number of benzene rings is 4. The Morgan fingerprint density at radius 3 is 2.38 bits per heavy atom. The molecule has 0 radical (unpaired) electrons. The zero-order valence-electron chi connectivity index (χ0n) is 20.1. The Balaban J connectivity index is 1.45. The molecular weight excluding hydrogens is 468 g/mol. The number of hydrogen-bond donors (Lipinski definition) is 2. The number of fused-ring (bicyclic) bond motifs is 2. The number of nitrogens with zero attached hydrogens (tertiary/aromatic N) is 2. The standard InChI is InChI=1S/C30H24N2O5/c1-31-25-16-26(33)23(15-27(25)37-18-28(31)34)30(36)22-13-7-8-14-24(22)32(29(30)35)17-20-11-5-6-12-21(20)19-9-3-2-4-10-19/h2-16,33,36H,17-18H2,1H3. The monoisotopic (exact) mass is 492 g/mol. The van der Waals surface area contributed by atoms with E-state index in [1.54, 1.807) is 30.1 Å². The number of likely N-dealkylation sites (N-methyl/N-ethyl adjacent to an activating group) is 1. The maximum atomic E-state index is 14.0. The van der Waals surface area contributed by atoms with Gasteiger partial charge in [-0.15, -0.1) is 0 Å². The van der Waals surface area contributed by atoms with Gasteiger partial charge in [0.15, 0.2) is 6.61 Å². The number of anilines is 2. The molecule has 0 aromatic heterocycles. The van der Waals surface area contributed by atoms with Gasteiger partial charge >= 0.3 is 0 Å². The summed E-state index contributed by atoms with van der Waals surface area (Å²) in [6, 6.07) is 27.6. The van der Waals surface area contributed by atoms with Crippen molar-refractivity contribution in [2.45, 2.75) is 12.1 Å². The van der Waals surface area contributed by atoms with Crippen LogP contribution in [0.1, 0.15) is 16.7 Å². The van der Waals surface area contributed by atoms with E-state index in [0.29, 0.717) is 22.7 Å². The van der Waals surface area contributed by atoms with Gasteiger partial charge in [0.25, 0.3) is 11.8 Å². The lowest BCUT2D eigenvalue weighted by molar-refractivity contribution is -0.132. The number of aromatic hydroxyl groups is 1. The Morgan fingerprint density at radius 2 is 1.57 bits per heavy atom. The maximum Gasteiger partial charge on any atom is 0.268 e. The fourth-order valence-corrected chi connectivity index (χ4v) is 5.18. The number of rotatable bonds is 4. The van der Waals surface area contributed by atoms with E-state index in [2.05, 4.69) is 0 Å². The molecule has 184 valence electrons. The summed E-state index contributed by atoms with van der Waals surface area (Å²) in [6.07, 6.45) is 0. The van der Waals surface area contributed by atoms with Crippen molar-refractivity contribution in [2.24, 2.45) is 0 Å². The van der Waals surface area contributed by atoms with E-state index in [4.69, 9.17) is 4.74 Å². The van der Waals surface area contributed by atoms with Crippen molar-refractivity contribution in [3.05, 3.63) is 108 Å². The summed E-state index contributed by atoms with van der Waals surface area (Å²) in [5.74, 6) is -0.835. The third kappa shape index (κ3) is 3.47. The number of carbonyl (C=O) groups is 2. The number of hydrogen-bond acceptors (Lipinski definition) is 5. The quantitative estimate of drug-likeness (QED) is 0.446. The topological polar surface area (TPSA) is 90.3 Å². The summed E-state index contributed by atoms with van der Waals surface area (Å²) in [4.78, 5) is 29.0. The summed E-state index contributed by atoms with van der Waals surface area (Å²) >= 11 is 0. The average Bonchev–Trinajstić information content (AvgIpc) is 3.14. The zero-order chi connectivity index (χ0) is 25.7. The first kappa shape index (κ1) is 22.8. The van der Waals surface area contributed by atoms with Gasteiger partial charge in [0.05, 0.1) is 17.9 Å². The number of ether oxygens (including phenoxy) is 1. The zero-order valence-corrected chi connectivity index (χ0v) is 20.1. The number of para-hydroxylation sites is 1. The normalized spacial score (nSPS) is 18.4. The van der Waals surface area contributed by atoms with Crippen LogP contribution in [0, 0.1) is 0 Å². The molecule has 0 saturated carbocycles. The highest BCUT2D eigenvalue weighted by Gasteiger charge is 2.52. The predicted molar refractivity (Wildman–Crippen MR) is 140 cm³/mol. The number of carbonyl (C=O) groups excluding carboxylic acids is 2. The minimum absolute atomic E-state index is 0.00490. The molecule has 0 fully saturated rings. The van der Waals surface area contributed by atoms with E-state index in [1.165, 1.54) is 17.0 Å². The lowest BCUT2D eigenvalue weighted by Crippen LogP contribution is -2.41. The highest BCUT2D eigenvalue weighted by molar-refractivity contribution is 6.10. The Morgan fingerprint density at radius 1 is 0.865 bits per heavy atom. The largest absolute Gasteiger partial charge is 0.507 e. The van der Waals surface area contributed by atoms with Crippen LogP contribution >= 0.6 is 0 Å². The fraction of sp³-hybridized carbons (Fsp3) is 0.133. The molecule has 4 aromatic rings. The van der Waals surface area contributed by atoms with Crippen molar-refractivity contribution in [1.82, 2.24) is 0 Å². The van der Waals surface area contributed by atoms with Gasteiger partial charge in [-0.25, -0.2) is 0 Å². The Labute approximate surface area is 213 Å². The van der Waals surface area contributed by atoms with Gasteiger partial charge in [-0.3, -0.25) is 9.59 Å². The molecular formula is C30H24N2O5. The van der Waals surface area contributed by atoms with Gasteiger partial charge in [-0.05, 0) is 28.8 Å². The van der Waals surface area contributed by atoms with Crippen molar-refractivity contribution in [1.29, 1.82) is 0 Å². The van der Waals surface area contributed by atoms with E-state index >= 15 is 0 Å². The second-order valence-corrected chi connectivity index (χ2v) is 9.22. The second kappa shape index (κ2) is 8.50. The fourth-order valence-electron chi connectivity index (χ4n) is 5.18. The molecule has 0 aliphatic carbocycles. The van der Waals surface area contributed by atoms with Crippen LogP contribution in [0.2, 0.25) is 0 Å². The van der Waals surface area contributed by atoms with Crippen LogP contribution < -0.4 is 14.5 Å². The van der Waals surface area contributed by atoms with Crippen LogP contribution in [0.4, 0.5) is 11.4 Å². The molecule has 1 atom stereocenters. The molecule has 37 heavy (non-hydrogen) atoms. The Bertz CT molecular complexity index is 1550. The molecule has 2 aliphatic rings. The van der Waals surface area contributed by atoms with Gasteiger partial charge in [0.2, 0.25) is 5.60 Å². The van der Waals surface area contributed by atoms with Crippen LogP contribution in [-0.4, -0.2) is 35.7 Å². The molecule has 7 heteroatoms. The van der Waals surface area contributed by atoms with Crippen LogP contribution in [0.3, 0.4) is 0 Å². The van der Waals surface area contributed by atoms with Crippen LogP contribution in [0.25, 0.3) is 11.1 Å². The molecule has 7 nitrogen and oxygen atoms in total. The van der Waals surface area contributed by atoms with Gasteiger partial charge in [0, 0.05) is 24.2 Å². The summed E-state index contributed by atoms with van der Waals surface area (Å²) < 4.78 is 5.58. The highest BCUT2D eigenvalue weighted by atomic mass is 16.5. The number of aliphatic hydroxyl groups is 1.